The third kappa shape index (κ3) is 4.46. The van der Waals surface area contributed by atoms with Crippen molar-refractivity contribution in [3.05, 3.63) is 18.2 Å². The van der Waals surface area contributed by atoms with E-state index < -0.39 is 0 Å². The predicted molar refractivity (Wildman–Crippen MR) is 80.7 cm³/mol. The van der Waals surface area contributed by atoms with Crippen LogP contribution in [0.2, 0.25) is 0 Å². The summed E-state index contributed by atoms with van der Waals surface area (Å²) in [6.45, 7) is 7.23. The molecule has 0 saturated carbocycles. The summed E-state index contributed by atoms with van der Waals surface area (Å²) in [6.07, 6.45) is 5.68. The number of nitrogens with zero attached hydrogens (tertiary/aromatic N) is 3. The van der Waals surface area contributed by atoms with E-state index in [4.69, 9.17) is 0 Å². The molecule has 1 aromatic rings. The van der Waals surface area contributed by atoms with Crippen LogP contribution in [-0.2, 0) is 13.1 Å². The van der Waals surface area contributed by atoms with Crippen LogP contribution in [0.1, 0.15) is 32.5 Å². The number of aliphatic hydroxyl groups is 1. The second kappa shape index (κ2) is 7.45. The molecular formula is C15H26N4O2. The molecule has 0 spiro atoms. The van der Waals surface area contributed by atoms with Crippen LogP contribution in [0.5, 0.6) is 0 Å². The Morgan fingerprint density at radius 1 is 1.57 bits per heavy atom. The molecule has 6 nitrogen and oxygen atoms in total. The number of urea groups is 1. The molecule has 6 heteroatoms. The maximum absolute atomic E-state index is 12.2. The Labute approximate surface area is 126 Å². The van der Waals surface area contributed by atoms with Crippen molar-refractivity contribution in [2.45, 2.75) is 39.8 Å². The average Bonchev–Trinajstić information content (AvgIpc) is 2.91. The lowest BCUT2D eigenvalue weighted by molar-refractivity contribution is 0.129. The van der Waals surface area contributed by atoms with E-state index in [0.717, 1.165) is 31.8 Å². The van der Waals surface area contributed by atoms with Crippen molar-refractivity contribution in [1.29, 1.82) is 0 Å². The quantitative estimate of drug-likeness (QED) is 0.863. The molecule has 2 amide bonds. The summed E-state index contributed by atoms with van der Waals surface area (Å²) in [5.41, 5.74) is 0. The Hall–Kier alpha value is -1.56. The minimum absolute atomic E-state index is 0.0627. The number of amides is 2. The molecule has 2 N–H and O–H groups in total. The maximum Gasteiger partial charge on any atom is 0.317 e. The monoisotopic (exact) mass is 294 g/mol. The SMILES string of the molecule is CC(C)Cn1ccnc1CNC(=O)N1CCCC(CO)C1. The number of rotatable bonds is 5. The van der Waals surface area contributed by atoms with Gasteiger partial charge in [-0.3, -0.25) is 0 Å². The van der Waals surface area contributed by atoms with E-state index in [0.29, 0.717) is 19.0 Å². The summed E-state index contributed by atoms with van der Waals surface area (Å²) >= 11 is 0. The van der Waals surface area contributed by atoms with E-state index in [1.807, 2.05) is 6.20 Å². The van der Waals surface area contributed by atoms with Gasteiger partial charge in [-0.1, -0.05) is 13.8 Å². The first-order chi connectivity index (χ1) is 10.1. The summed E-state index contributed by atoms with van der Waals surface area (Å²) in [5.74, 6) is 1.64. The molecule has 0 radical (unpaired) electrons. The zero-order chi connectivity index (χ0) is 15.2. The number of aromatic nitrogens is 2. The third-order valence-corrected chi connectivity index (χ3v) is 3.83. The van der Waals surface area contributed by atoms with E-state index in [9.17, 15) is 9.90 Å². The van der Waals surface area contributed by atoms with Crippen molar-refractivity contribution >= 4 is 6.03 Å². The first-order valence-electron chi connectivity index (χ1n) is 7.73. The molecule has 118 valence electrons. The van der Waals surface area contributed by atoms with Crippen LogP contribution in [0, 0.1) is 11.8 Å². The number of imidazole rings is 1. The molecule has 1 fully saturated rings. The molecule has 0 aliphatic carbocycles. The van der Waals surface area contributed by atoms with Crippen LogP contribution < -0.4 is 5.32 Å². The topological polar surface area (TPSA) is 70.4 Å². The van der Waals surface area contributed by atoms with Crippen LogP contribution in [0.15, 0.2) is 12.4 Å². The minimum Gasteiger partial charge on any atom is -0.396 e. The summed E-state index contributed by atoms with van der Waals surface area (Å²) in [4.78, 5) is 18.3. The van der Waals surface area contributed by atoms with Crippen molar-refractivity contribution in [2.75, 3.05) is 19.7 Å². The summed E-state index contributed by atoms with van der Waals surface area (Å²) in [6, 6.07) is -0.0627. The van der Waals surface area contributed by atoms with Gasteiger partial charge in [-0.05, 0) is 24.7 Å². The van der Waals surface area contributed by atoms with Crippen molar-refractivity contribution in [2.24, 2.45) is 11.8 Å². The van der Waals surface area contributed by atoms with Gasteiger partial charge in [0.15, 0.2) is 0 Å². The summed E-state index contributed by atoms with van der Waals surface area (Å²) in [7, 11) is 0. The predicted octanol–water partition coefficient (Wildman–Crippen LogP) is 1.45. The van der Waals surface area contributed by atoms with Crippen molar-refractivity contribution in [1.82, 2.24) is 19.8 Å². The fraction of sp³-hybridized carbons (Fsp3) is 0.733. The van der Waals surface area contributed by atoms with Crippen molar-refractivity contribution in [3.63, 3.8) is 0 Å². The highest BCUT2D eigenvalue weighted by atomic mass is 16.3. The van der Waals surface area contributed by atoms with Crippen LogP contribution >= 0.6 is 0 Å². The maximum atomic E-state index is 12.2. The smallest absolute Gasteiger partial charge is 0.317 e. The lowest BCUT2D eigenvalue weighted by Crippen LogP contribution is -2.46. The van der Waals surface area contributed by atoms with Crippen LogP contribution in [0.4, 0.5) is 4.79 Å². The highest BCUT2D eigenvalue weighted by Crippen LogP contribution is 2.15. The lowest BCUT2D eigenvalue weighted by Gasteiger charge is -2.31. The standard InChI is InChI=1S/C15H26N4O2/c1-12(2)9-18-7-5-16-14(18)8-17-15(21)19-6-3-4-13(10-19)11-20/h5,7,12-13,20H,3-4,6,8-11H2,1-2H3,(H,17,21). The number of carbonyl (C=O) groups is 1. The molecule has 0 aromatic carbocycles. The fourth-order valence-electron chi connectivity index (χ4n) is 2.73. The normalized spacial score (nSPS) is 19.0. The van der Waals surface area contributed by atoms with E-state index in [2.05, 4.69) is 28.7 Å². The number of carbonyl (C=O) groups excluding carboxylic acids is 1. The number of aliphatic hydroxyl groups excluding tert-OH is 1. The second-order valence-electron chi connectivity index (χ2n) is 6.19. The first kappa shape index (κ1) is 15.8. The van der Waals surface area contributed by atoms with E-state index in [1.54, 1.807) is 11.1 Å². The molecule has 0 bridgehead atoms. The molecule has 1 atom stereocenters. The number of piperidine rings is 1. The fourth-order valence-corrected chi connectivity index (χ4v) is 2.73. The zero-order valence-corrected chi connectivity index (χ0v) is 13.0. The Kier molecular flexibility index (Phi) is 5.61. The Bertz CT molecular complexity index is 458. The van der Waals surface area contributed by atoms with Crippen molar-refractivity contribution in [3.8, 4) is 0 Å². The van der Waals surface area contributed by atoms with Gasteiger partial charge in [0.25, 0.3) is 0 Å². The average molecular weight is 294 g/mol. The van der Waals surface area contributed by atoms with Gasteiger partial charge in [-0.2, -0.15) is 0 Å². The van der Waals surface area contributed by atoms with Gasteiger partial charge >= 0.3 is 6.03 Å². The van der Waals surface area contributed by atoms with Gasteiger partial charge in [-0.25, -0.2) is 9.78 Å². The highest BCUT2D eigenvalue weighted by molar-refractivity contribution is 5.74. The molecular weight excluding hydrogens is 268 g/mol. The molecule has 2 rings (SSSR count). The first-order valence-corrected chi connectivity index (χ1v) is 7.73. The van der Waals surface area contributed by atoms with Gasteiger partial charge in [0.05, 0.1) is 6.54 Å². The molecule has 1 aromatic heterocycles. The van der Waals surface area contributed by atoms with Gasteiger partial charge in [0.1, 0.15) is 5.82 Å². The van der Waals surface area contributed by atoms with E-state index in [1.165, 1.54) is 0 Å². The number of likely N-dealkylation sites (tertiary alicyclic amines) is 1. The summed E-state index contributed by atoms with van der Waals surface area (Å²) < 4.78 is 2.08. The third-order valence-electron chi connectivity index (χ3n) is 3.83. The van der Waals surface area contributed by atoms with Crippen LogP contribution in [0.25, 0.3) is 0 Å². The molecule has 2 heterocycles. The highest BCUT2D eigenvalue weighted by Gasteiger charge is 2.23. The summed E-state index contributed by atoms with van der Waals surface area (Å²) in [5, 5.41) is 12.2. The Morgan fingerprint density at radius 3 is 3.10 bits per heavy atom. The Morgan fingerprint density at radius 2 is 2.38 bits per heavy atom. The van der Waals surface area contributed by atoms with Crippen LogP contribution in [0.3, 0.4) is 0 Å². The Balaban J connectivity index is 1.85. The number of hydrogen-bond donors (Lipinski definition) is 2. The van der Waals surface area contributed by atoms with E-state index >= 15 is 0 Å². The molecule has 1 unspecified atom stereocenters. The largest absolute Gasteiger partial charge is 0.396 e. The van der Waals surface area contributed by atoms with E-state index in [-0.39, 0.29) is 18.6 Å². The van der Waals surface area contributed by atoms with Gasteiger partial charge < -0.3 is 19.9 Å². The minimum atomic E-state index is -0.0627. The lowest BCUT2D eigenvalue weighted by atomic mass is 9.99. The zero-order valence-electron chi connectivity index (χ0n) is 13.0. The van der Waals surface area contributed by atoms with Gasteiger partial charge in [0.2, 0.25) is 0 Å². The second-order valence-corrected chi connectivity index (χ2v) is 6.19. The molecule has 1 saturated heterocycles. The molecule has 21 heavy (non-hydrogen) atoms. The molecule has 1 aliphatic heterocycles. The molecule has 1 aliphatic rings. The number of hydrogen-bond acceptors (Lipinski definition) is 3. The van der Waals surface area contributed by atoms with Crippen molar-refractivity contribution < 1.29 is 9.90 Å². The van der Waals surface area contributed by atoms with Gasteiger partial charge in [0, 0.05) is 38.6 Å². The number of nitrogens with one attached hydrogen (secondary N) is 1. The van der Waals surface area contributed by atoms with Gasteiger partial charge in [-0.15, -0.1) is 0 Å². The van der Waals surface area contributed by atoms with Crippen LogP contribution in [-0.4, -0.2) is 45.3 Å².